The summed E-state index contributed by atoms with van der Waals surface area (Å²) in [5.74, 6) is 0.583. The lowest BCUT2D eigenvalue weighted by Crippen LogP contribution is -2.30. The van der Waals surface area contributed by atoms with E-state index in [1.54, 1.807) is 13.3 Å². The van der Waals surface area contributed by atoms with Gasteiger partial charge in [-0.1, -0.05) is 6.92 Å². The predicted molar refractivity (Wildman–Crippen MR) is 81.7 cm³/mol. The molecule has 0 saturated heterocycles. The molecule has 0 aliphatic heterocycles. The van der Waals surface area contributed by atoms with E-state index in [9.17, 15) is 8.42 Å². The molecule has 2 heterocycles. The van der Waals surface area contributed by atoms with E-state index in [-0.39, 0.29) is 11.1 Å². The summed E-state index contributed by atoms with van der Waals surface area (Å²) in [7, 11) is -3.67. The van der Waals surface area contributed by atoms with Crippen molar-refractivity contribution in [2.75, 3.05) is 0 Å². The van der Waals surface area contributed by atoms with Crippen LogP contribution in [0.15, 0.2) is 23.6 Å². The largest absolute Gasteiger partial charge is 0.314 e. The molecule has 9 heteroatoms. The molecule has 22 heavy (non-hydrogen) atoms. The van der Waals surface area contributed by atoms with Gasteiger partial charge in [0.15, 0.2) is 10.9 Å². The van der Waals surface area contributed by atoms with Crippen molar-refractivity contribution in [3.8, 4) is 0 Å². The van der Waals surface area contributed by atoms with Crippen LogP contribution in [0.5, 0.6) is 0 Å². The van der Waals surface area contributed by atoms with Crippen LogP contribution in [-0.2, 0) is 16.6 Å². The van der Waals surface area contributed by atoms with Gasteiger partial charge in [0.2, 0.25) is 0 Å². The number of aryl methyl sites for hydroxylation is 1. The lowest BCUT2D eigenvalue weighted by Gasteiger charge is -2.17. The maximum Gasteiger partial charge on any atom is 0.258 e. The average Bonchev–Trinajstić information content (AvgIpc) is 3.07. The van der Waals surface area contributed by atoms with E-state index in [0.717, 1.165) is 6.42 Å². The smallest absolute Gasteiger partial charge is 0.258 e. The van der Waals surface area contributed by atoms with Crippen molar-refractivity contribution in [1.82, 2.24) is 29.3 Å². The van der Waals surface area contributed by atoms with E-state index < -0.39 is 16.1 Å². The zero-order valence-electron chi connectivity index (χ0n) is 13.3. The molecule has 1 atom stereocenters. The first-order chi connectivity index (χ1) is 10.4. The molecule has 0 aliphatic rings. The van der Waals surface area contributed by atoms with Crippen LogP contribution in [0.4, 0.5) is 0 Å². The van der Waals surface area contributed by atoms with Crippen LogP contribution in [0.2, 0.25) is 0 Å². The molecule has 1 unspecified atom stereocenters. The van der Waals surface area contributed by atoms with Crippen LogP contribution in [0, 0.1) is 0 Å². The first kappa shape index (κ1) is 16.6. The molecule has 0 spiro atoms. The van der Waals surface area contributed by atoms with Gasteiger partial charge >= 0.3 is 0 Å². The highest BCUT2D eigenvalue weighted by Gasteiger charge is 2.25. The Labute approximate surface area is 130 Å². The molecule has 8 nitrogen and oxygen atoms in total. The third-order valence-corrected chi connectivity index (χ3v) is 4.83. The molecule has 1 N–H and O–H groups in total. The molecule has 0 radical (unpaired) electrons. The van der Waals surface area contributed by atoms with Gasteiger partial charge in [-0.3, -0.25) is 4.68 Å². The Hall–Kier alpha value is -1.74. The number of hydrogen-bond acceptors (Lipinski definition) is 5. The monoisotopic (exact) mass is 326 g/mol. The van der Waals surface area contributed by atoms with Crippen LogP contribution < -0.4 is 4.72 Å². The number of hydrogen-bond donors (Lipinski definition) is 1. The highest BCUT2D eigenvalue weighted by atomic mass is 32.2. The maximum absolute atomic E-state index is 12.5. The molecule has 0 aromatic carbocycles. The van der Waals surface area contributed by atoms with Crippen molar-refractivity contribution in [3.05, 3.63) is 24.4 Å². The minimum Gasteiger partial charge on any atom is -0.314 e. The van der Waals surface area contributed by atoms with Crippen LogP contribution >= 0.6 is 0 Å². The van der Waals surface area contributed by atoms with Gasteiger partial charge in [0.1, 0.15) is 6.33 Å². The number of rotatable bonds is 7. The summed E-state index contributed by atoms with van der Waals surface area (Å²) in [5, 5.41) is 12.1. The van der Waals surface area contributed by atoms with E-state index in [1.807, 2.05) is 25.3 Å². The molecule has 0 saturated carbocycles. The van der Waals surface area contributed by atoms with Crippen LogP contribution in [-0.4, -0.2) is 33.0 Å². The van der Waals surface area contributed by atoms with Crippen molar-refractivity contribution >= 4 is 10.0 Å². The van der Waals surface area contributed by atoms with Crippen molar-refractivity contribution < 1.29 is 8.42 Å². The normalized spacial score (nSPS) is 13.7. The SMILES string of the molecule is CCCn1nccc1S(=O)(=O)NC(C)c1nncn1C(C)C. The molecule has 0 bridgehead atoms. The van der Waals surface area contributed by atoms with E-state index >= 15 is 0 Å². The summed E-state index contributed by atoms with van der Waals surface area (Å²) in [6.45, 7) is 8.26. The zero-order chi connectivity index (χ0) is 16.3. The molecule has 0 aliphatic carbocycles. The highest BCUT2D eigenvalue weighted by Crippen LogP contribution is 2.18. The quantitative estimate of drug-likeness (QED) is 0.832. The Morgan fingerprint density at radius 2 is 2.05 bits per heavy atom. The van der Waals surface area contributed by atoms with Crippen molar-refractivity contribution in [2.45, 2.75) is 57.8 Å². The summed E-state index contributed by atoms with van der Waals surface area (Å²) >= 11 is 0. The first-order valence-corrected chi connectivity index (χ1v) is 8.78. The van der Waals surface area contributed by atoms with Gasteiger partial charge in [0.05, 0.1) is 12.2 Å². The van der Waals surface area contributed by atoms with E-state index in [4.69, 9.17) is 0 Å². The molecule has 0 amide bonds. The minimum absolute atomic E-state index is 0.155. The van der Waals surface area contributed by atoms with Gasteiger partial charge in [0, 0.05) is 12.6 Å². The summed E-state index contributed by atoms with van der Waals surface area (Å²) in [6, 6.07) is 1.17. The maximum atomic E-state index is 12.5. The fourth-order valence-corrected chi connectivity index (χ4v) is 3.58. The Bertz CT molecular complexity index is 718. The van der Waals surface area contributed by atoms with Gasteiger partial charge in [-0.2, -0.15) is 9.82 Å². The number of nitrogens with zero attached hydrogens (tertiary/aromatic N) is 5. The van der Waals surface area contributed by atoms with Crippen LogP contribution in [0.1, 0.15) is 52.0 Å². The molecule has 122 valence electrons. The Morgan fingerprint density at radius 3 is 2.68 bits per heavy atom. The van der Waals surface area contributed by atoms with Crippen molar-refractivity contribution in [2.24, 2.45) is 0 Å². The van der Waals surface area contributed by atoms with E-state index in [0.29, 0.717) is 12.4 Å². The van der Waals surface area contributed by atoms with E-state index in [1.165, 1.54) is 16.9 Å². The summed E-state index contributed by atoms with van der Waals surface area (Å²) in [6.07, 6.45) is 3.90. The molecule has 0 fully saturated rings. The minimum atomic E-state index is -3.67. The Balaban J connectivity index is 2.24. The van der Waals surface area contributed by atoms with Crippen LogP contribution in [0.3, 0.4) is 0 Å². The lowest BCUT2D eigenvalue weighted by atomic mass is 10.3. The molecular weight excluding hydrogens is 304 g/mol. The van der Waals surface area contributed by atoms with E-state index in [2.05, 4.69) is 20.0 Å². The fraction of sp³-hybridized carbons (Fsp3) is 0.615. The average molecular weight is 326 g/mol. The Morgan fingerprint density at radius 1 is 1.32 bits per heavy atom. The van der Waals surface area contributed by atoms with Crippen molar-refractivity contribution in [1.29, 1.82) is 0 Å². The number of aromatic nitrogens is 5. The molecule has 2 aromatic heterocycles. The molecule has 2 aromatic rings. The Kier molecular flexibility index (Phi) is 4.97. The number of sulfonamides is 1. The lowest BCUT2D eigenvalue weighted by molar-refractivity contribution is 0.498. The molecule has 2 rings (SSSR count). The van der Waals surface area contributed by atoms with Gasteiger partial charge in [0.25, 0.3) is 10.0 Å². The van der Waals surface area contributed by atoms with Crippen LogP contribution in [0.25, 0.3) is 0 Å². The fourth-order valence-electron chi connectivity index (χ4n) is 2.23. The second-order valence-corrected chi connectivity index (χ2v) is 7.09. The highest BCUT2D eigenvalue weighted by molar-refractivity contribution is 7.89. The van der Waals surface area contributed by atoms with Crippen molar-refractivity contribution in [3.63, 3.8) is 0 Å². The van der Waals surface area contributed by atoms with Gasteiger partial charge < -0.3 is 4.57 Å². The second-order valence-electron chi connectivity index (χ2n) is 5.43. The first-order valence-electron chi connectivity index (χ1n) is 7.30. The second kappa shape index (κ2) is 6.57. The standard InChI is InChI=1S/C13H22N6O2S/c1-5-8-19-12(6-7-15-19)22(20,21)17-11(4)13-16-14-9-18(13)10(2)3/h6-7,9-11,17H,5,8H2,1-4H3. The topological polar surface area (TPSA) is 94.7 Å². The van der Waals surface area contributed by atoms with Gasteiger partial charge in [-0.25, -0.2) is 8.42 Å². The molecular formula is C13H22N6O2S. The summed E-state index contributed by atoms with van der Waals surface area (Å²) in [5.41, 5.74) is 0. The third-order valence-electron chi connectivity index (χ3n) is 3.26. The predicted octanol–water partition coefficient (Wildman–Crippen LogP) is 1.50. The number of nitrogens with one attached hydrogen (secondary N) is 1. The zero-order valence-corrected chi connectivity index (χ0v) is 14.1. The van der Waals surface area contributed by atoms with Gasteiger partial charge in [-0.15, -0.1) is 10.2 Å². The van der Waals surface area contributed by atoms with Gasteiger partial charge in [-0.05, 0) is 33.3 Å². The third kappa shape index (κ3) is 3.36. The summed E-state index contributed by atoms with van der Waals surface area (Å²) in [4.78, 5) is 0. The summed E-state index contributed by atoms with van der Waals surface area (Å²) < 4.78 is 31.1.